The molecule has 0 fully saturated rings. The summed E-state index contributed by atoms with van der Waals surface area (Å²) in [4.78, 5) is 27.5. The van der Waals surface area contributed by atoms with Gasteiger partial charge in [-0.25, -0.2) is 8.42 Å². The summed E-state index contributed by atoms with van der Waals surface area (Å²) < 4.78 is 28.5. The first-order chi connectivity index (χ1) is 17.8. The first kappa shape index (κ1) is 30.1. The average molecular weight is 617 g/mol. The number of carbonyl (C=O) groups is 2. The molecule has 0 aliphatic carbocycles. The third kappa shape index (κ3) is 6.93. The number of nitrogens with zero attached hydrogens (tertiary/aromatic N) is 2. The van der Waals surface area contributed by atoms with E-state index >= 15 is 0 Å². The molecule has 0 heterocycles. The van der Waals surface area contributed by atoms with E-state index in [2.05, 4.69) is 5.32 Å². The number of hydrogen-bond acceptors (Lipinski definition) is 4. The van der Waals surface area contributed by atoms with Gasteiger partial charge in [0.2, 0.25) is 11.8 Å². The molecule has 0 spiro atoms. The Balaban J connectivity index is 2.06. The first-order valence-corrected chi connectivity index (χ1v) is 14.3. The lowest BCUT2D eigenvalue weighted by atomic mass is 10.1. The third-order valence-corrected chi connectivity index (χ3v) is 9.10. The van der Waals surface area contributed by atoms with Gasteiger partial charge in [0.05, 0.1) is 30.7 Å². The quantitative estimate of drug-likeness (QED) is 0.321. The number of anilines is 1. The van der Waals surface area contributed by atoms with Gasteiger partial charge in [-0.15, -0.1) is 0 Å². The lowest BCUT2D eigenvalue weighted by Crippen LogP contribution is -2.50. The molecular formula is C26H25Cl4N3O4S. The minimum Gasteiger partial charge on any atom is -0.357 e. The SMILES string of the molecule is CNC(=O)[C@@H](C)N(Cc1ccc(Cl)c(Cl)c1)C(=O)CN(c1ccc(Cl)c(Cl)c1)S(=O)(=O)c1ccc(C)cc1. The zero-order chi connectivity index (χ0) is 28.2. The van der Waals surface area contributed by atoms with Gasteiger partial charge in [0, 0.05) is 13.6 Å². The van der Waals surface area contributed by atoms with E-state index in [9.17, 15) is 18.0 Å². The number of benzene rings is 3. The number of carbonyl (C=O) groups excluding carboxylic acids is 2. The van der Waals surface area contributed by atoms with E-state index in [4.69, 9.17) is 46.4 Å². The number of nitrogens with one attached hydrogen (secondary N) is 1. The first-order valence-electron chi connectivity index (χ1n) is 11.3. The zero-order valence-electron chi connectivity index (χ0n) is 20.7. The second-order valence-electron chi connectivity index (χ2n) is 8.48. The molecule has 0 aliphatic rings. The maximum Gasteiger partial charge on any atom is 0.264 e. The number of rotatable bonds is 9. The summed E-state index contributed by atoms with van der Waals surface area (Å²) in [5, 5.41) is 3.48. The molecule has 3 aromatic rings. The molecule has 0 aromatic heterocycles. The van der Waals surface area contributed by atoms with Crippen LogP contribution in [0.3, 0.4) is 0 Å². The number of likely N-dealkylation sites (N-methyl/N-ethyl adjacent to an activating group) is 1. The Hall–Kier alpha value is -2.49. The minimum absolute atomic E-state index is 0.0163. The van der Waals surface area contributed by atoms with Crippen molar-refractivity contribution in [3.63, 3.8) is 0 Å². The van der Waals surface area contributed by atoms with Gasteiger partial charge < -0.3 is 10.2 Å². The van der Waals surface area contributed by atoms with Crippen LogP contribution in [-0.2, 0) is 26.2 Å². The summed E-state index contributed by atoms with van der Waals surface area (Å²) in [5.41, 5.74) is 1.61. The predicted octanol–water partition coefficient (Wildman–Crippen LogP) is 5.97. The normalized spacial score (nSPS) is 12.1. The Morgan fingerprint density at radius 3 is 2.00 bits per heavy atom. The fourth-order valence-corrected chi connectivity index (χ4v) is 5.65. The van der Waals surface area contributed by atoms with Gasteiger partial charge in [0.25, 0.3) is 10.0 Å². The fourth-order valence-electron chi connectivity index (χ4n) is 3.63. The molecular weight excluding hydrogens is 592 g/mol. The maximum atomic E-state index is 13.8. The Morgan fingerprint density at radius 1 is 0.868 bits per heavy atom. The Kier molecular flexibility index (Phi) is 9.95. The summed E-state index contributed by atoms with van der Waals surface area (Å²) in [6.45, 7) is 2.74. The smallest absolute Gasteiger partial charge is 0.264 e. The van der Waals surface area contributed by atoms with Crippen LogP contribution >= 0.6 is 46.4 Å². The van der Waals surface area contributed by atoms with Gasteiger partial charge in [0.1, 0.15) is 12.6 Å². The van der Waals surface area contributed by atoms with Crippen LogP contribution in [0.1, 0.15) is 18.1 Å². The second kappa shape index (κ2) is 12.6. The molecule has 0 bridgehead atoms. The van der Waals surface area contributed by atoms with Gasteiger partial charge in [-0.05, 0) is 61.9 Å². The van der Waals surface area contributed by atoms with Crippen molar-refractivity contribution in [3.8, 4) is 0 Å². The highest BCUT2D eigenvalue weighted by molar-refractivity contribution is 7.92. The molecule has 3 aromatic carbocycles. The second-order valence-corrected chi connectivity index (χ2v) is 12.0. The minimum atomic E-state index is -4.22. The zero-order valence-corrected chi connectivity index (χ0v) is 24.6. The number of aryl methyl sites for hydroxylation is 1. The van der Waals surface area contributed by atoms with Crippen molar-refractivity contribution < 1.29 is 18.0 Å². The number of sulfonamides is 1. The van der Waals surface area contributed by atoms with Crippen molar-refractivity contribution >= 4 is 73.9 Å². The molecule has 0 radical (unpaired) electrons. The average Bonchev–Trinajstić information content (AvgIpc) is 2.88. The van der Waals surface area contributed by atoms with E-state index in [-0.39, 0.29) is 32.2 Å². The van der Waals surface area contributed by atoms with E-state index in [1.807, 2.05) is 6.92 Å². The van der Waals surface area contributed by atoms with E-state index in [0.717, 1.165) is 9.87 Å². The van der Waals surface area contributed by atoms with Gasteiger partial charge in [-0.2, -0.15) is 0 Å². The van der Waals surface area contributed by atoms with Crippen molar-refractivity contribution in [3.05, 3.63) is 91.9 Å². The molecule has 0 unspecified atom stereocenters. The van der Waals surface area contributed by atoms with E-state index < -0.39 is 34.4 Å². The number of halogens is 4. The largest absolute Gasteiger partial charge is 0.357 e. The van der Waals surface area contributed by atoms with Crippen molar-refractivity contribution in [2.24, 2.45) is 0 Å². The summed E-state index contributed by atoms with van der Waals surface area (Å²) in [5.74, 6) is -1.06. The van der Waals surface area contributed by atoms with Crippen LogP contribution in [0.15, 0.2) is 65.6 Å². The summed E-state index contributed by atoms with van der Waals surface area (Å²) >= 11 is 24.4. The monoisotopic (exact) mass is 615 g/mol. The standard InChI is InChI=1S/C26H25Cl4N3O4S/c1-16-4-8-20(9-5-16)38(36,37)33(19-7-11-22(28)24(30)13-19)15-25(34)32(17(2)26(35)31-3)14-18-6-10-21(27)23(29)12-18/h4-13,17H,14-15H2,1-3H3,(H,31,35)/t17-/m1/s1. The Morgan fingerprint density at radius 2 is 1.45 bits per heavy atom. The number of amides is 2. The molecule has 3 rings (SSSR count). The van der Waals surface area contributed by atoms with Crippen LogP contribution in [0.5, 0.6) is 0 Å². The number of hydrogen-bond donors (Lipinski definition) is 1. The molecule has 0 saturated carbocycles. The molecule has 38 heavy (non-hydrogen) atoms. The molecule has 2 amide bonds. The lowest BCUT2D eigenvalue weighted by molar-refractivity contribution is -0.139. The summed E-state index contributed by atoms with van der Waals surface area (Å²) in [6, 6.07) is 14.4. The van der Waals surface area contributed by atoms with E-state index in [0.29, 0.717) is 10.6 Å². The third-order valence-electron chi connectivity index (χ3n) is 5.83. The molecule has 202 valence electrons. The van der Waals surface area contributed by atoms with Crippen LogP contribution < -0.4 is 9.62 Å². The van der Waals surface area contributed by atoms with Gasteiger partial charge in [-0.1, -0.05) is 70.2 Å². The summed E-state index contributed by atoms with van der Waals surface area (Å²) in [7, 11) is -2.77. The molecule has 12 heteroatoms. The highest BCUT2D eigenvalue weighted by Crippen LogP contribution is 2.31. The van der Waals surface area contributed by atoms with Crippen LogP contribution in [0.25, 0.3) is 0 Å². The lowest BCUT2D eigenvalue weighted by Gasteiger charge is -2.32. The highest BCUT2D eigenvalue weighted by atomic mass is 35.5. The fraction of sp³-hybridized carbons (Fsp3) is 0.231. The molecule has 1 atom stereocenters. The Bertz CT molecular complexity index is 1450. The van der Waals surface area contributed by atoms with Gasteiger partial charge in [0.15, 0.2) is 0 Å². The van der Waals surface area contributed by atoms with Gasteiger partial charge in [-0.3, -0.25) is 13.9 Å². The van der Waals surface area contributed by atoms with Crippen LogP contribution in [0, 0.1) is 6.92 Å². The molecule has 1 N–H and O–H groups in total. The molecule has 7 nitrogen and oxygen atoms in total. The highest BCUT2D eigenvalue weighted by Gasteiger charge is 2.32. The summed E-state index contributed by atoms with van der Waals surface area (Å²) in [6.07, 6.45) is 0. The van der Waals surface area contributed by atoms with Crippen molar-refractivity contribution in [1.29, 1.82) is 0 Å². The maximum absolute atomic E-state index is 13.8. The van der Waals surface area contributed by atoms with Gasteiger partial charge >= 0.3 is 0 Å². The topological polar surface area (TPSA) is 86.8 Å². The van der Waals surface area contributed by atoms with Crippen molar-refractivity contribution in [1.82, 2.24) is 10.2 Å². The Labute approximate surface area is 242 Å². The molecule has 0 saturated heterocycles. The predicted molar refractivity (Wildman–Crippen MR) is 153 cm³/mol. The van der Waals surface area contributed by atoms with E-state index in [1.54, 1.807) is 37.3 Å². The van der Waals surface area contributed by atoms with Crippen molar-refractivity contribution in [2.45, 2.75) is 31.3 Å². The van der Waals surface area contributed by atoms with Crippen molar-refractivity contribution in [2.75, 3.05) is 17.9 Å². The van der Waals surface area contributed by atoms with Crippen LogP contribution in [0.4, 0.5) is 5.69 Å². The van der Waals surface area contributed by atoms with Crippen LogP contribution in [-0.4, -0.2) is 44.8 Å². The van der Waals surface area contributed by atoms with Crippen LogP contribution in [0.2, 0.25) is 20.1 Å². The molecule has 0 aliphatic heterocycles. The van der Waals surface area contributed by atoms with E-state index in [1.165, 1.54) is 42.3 Å².